The van der Waals surface area contributed by atoms with E-state index in [1.54, 1.807) is 0 Å². The predicted octanol–water partition coefficient (Wildman–Crippen LogP) is 3.12. The summed E-state index contributed by atoms with van der Waals surface area (Å²) in [5.41, 5.74) is 1.53. The van der Waals surface area contributed by atoms with Crippen molar-refractivity contribution >= 4 is 0 Å². The van der Waals surface area contributed by atoms with Gasteiger partial charge in [0.15, 0.2) is 0 Å². The molecule has 0 atom stereocenters. The molecule has 0 saturated carbocycles. The average Bonchev–Trinajstić information content (AvgIpc) is 2.04. The molecule has 1 nitrogen and oxygen atoms in total. The molecule has 1 heteroatoms. The van der Waals surface area contributed by atoms with Crippen LogP contribution in [0.15, 0.2) is 11.3 Å². The van der Waals surface area contributed by atoms with Crippen molar-refractivity contribution in [1.82, 2.24) is 0 Å². The molecule has 0 aliphatic carbocycles. The van der Waals surface area contributed by atoms with Gasteiger partial charge in [-0.25, -0.2) is 0 Å². The summed E-state index contributed by atoms with van der Waals surface area (Å²) in [6, 6.07) is 0. The molecule has 0 unspecified atom stereocenters. The van der Waals surface area contributed by atoms with E-state index in [0.29, 0.717) is 5.92 Å². The lowest BCUT2D eigenvalue weighted by Crippen LogP contribution is -2.10. The molecule has 11 heavy (non-hydrogen) atoms. The molecule has 0 amide bonds. The third-order valence-corrected chi connectivity index (χ3v) is 2.18. The van der Waals surface area contributed by atoms with Crippen LogP contribution in [0.25, 0.3) is 0 Å². The monoisotopic (exact) mass is 154 g/mol. The Balaban J connectivity index is 2.73. The van der Waals surface area contributed by atoms with Crippen molar-refractivity contribution in [2.24, 2.45) is 5.92 Å². The Morgan fingerprint density at radius 1 is 1.45 bits per heavy atom. The van der Waals surface area contributed by atoms with Gasteiger partial charge in [0.25, 0.3) is 0 Å². The molecule has 1 heterocycles. The van der Waals surface area contributed by atoms with Crippen LogP contribution in [-0.2, 0) is 4.74 Å². The number of rotatable bonds is 2. The summed E-state index contributed by atoms with van der Waals surface area (Å²) in [7, 11) is 0. The molecule has 64 valence electrons. The highest BCUT2D eigenvalue weighted by atomic mass is 16.5. The number of ether oxygens (including phenoxy) is 1. The summed E-state index contributed by atoms with van der Waals surface area (Å²) in [6.07, 6.45) is 3.62. The molecule has 0 N–H and O–H groups in total. The topological polar surface area (TPSA) is 9.23 Å². The Labute approximate surface area is 69.4 Å². The molecule has 0 aromatic carbocycles. The fourth-order valence-corrected chi connectivity index (χ4v) is 1.62. The zero-order valence-corrected chi connectivity index (χ0v) is 7.81. The van der Waals surface area contributed by atoms with Crippen molar-refractivity contribution in [1.29, 1.82) is 0 Å². The second-order valence-corrected chi connectivity index (χ2v) is 3.43. The van der Waals surface area contributed by atoms with E-state index in [9.17, 15) is 0 Å². The second kappa shape index (κ2) is 3.80. The van der Waals surface area contributed by atoms with E-state index in [1.807, 2.05) is 0 Å². The lowest BCUT2D eigenvalue weighted by Gasteiger charge is -2.23. The molecule has 0 bridgehead atoms. The Bertz CT molecular complexity index is 156. The molecule has 0 aromatic rings. The lowest BCUT2D eigenvalue weighted by molar-refractivity contribution is 0.159. The van der Waals surface area contributed by atoms with E-state index >= 15 is 0 Å². The molecule has 1 aliphatic rings. The highest BCUT2D eigenvalue weighted by molar-refractivity contribution is 5.12. The largest absolute Gasteiger partial charge is 0.498 e. The van der Waals surface area contributed by atoms with E-state index in [-0.39, 0.29) is 0 Å². The molecule has 1 aliphatic heterocycles. The van der Waals surface area contributed by atoms with Gasteiger partial charge in [-0.05, 0) is 24.8 Å². The molecule has 0 spiro atoms. The van der Waals surface area contributed by atoms with Gasteiger partial charge in [0.2, 0.25) is 0 Å². The van der Waals surface area contributed by atoms with Crippen LogP contribution in [0.4, 0.5) is 0 Å². The maximum absolute atomic E-state index is 5.62. The van der Waals surface area contributed by atoms with Crippen LogP contribution in [0.1, 0.15) is 40.0 Å². The summed E-state index contributed by atoms with van der Waals surface area (Å²) in [4.78, 5) is 0. The normalized spacial score (nSPS) is 18.9. The Morgan fingerprint density at radius 2 is 2.18 bits per heavy atom. The van der Waals surface area contributed by atoms with E-state index in [1.165, 1.54) is 24.2 Å². The highest BCUT2D eigenvalue weighted by Gasteiger charge is 2.14. The molecule has 0 fully saturated rings. The summed E-state index contributed by atoms with van der Waals surface area (Å²) >= 11 is 0. The van der Waals surface area contributed by atoms with Crippen molar-refractivity contribution in [2.75, 3.05) is 6.61 Å². The Hall–Kier alpha value is -0.460. The third-order valence-electron chi connectivity index (χ3n) is 2.18. The standard InChI is InChI=1S/C10H18O/c1-4-9-6-5-7-11-10(9)8(2)3/h8H,4-7H2,1-3H3. The van der Waals surface area contributed by atoms with Gasteiger partial charge in [0.1, 0.15) is 0 Å². The first-order valence-corrected chi connectivity index (χ1v) is 4.60. The molecule has 0 aromatic heterocycles. The molecular formula is C10H18O. The molecule has 0 radical (unpaired) electrons. The van der Waals surface area contributed by atoms with E-state index < -0.39 is 0 Å². The second-order valence-electron chi connectivity index (χ2n) is 3.43. The van der Waals surface area contributed by atoms with Gasteiger partial charge in [-0.15, -0.1) is 0 Å². The lowest BCUT2D eigenvalue weighted by atomic mass is 9.98. The van der Waals surface area contributed by atoms with Crippen LogP contribution in [0.2, 0.25) is 0 Å². The summed E-state index contributed by atoms with van der Waals surface area (Å²) in [5, 5.41) is 0. The predicted molar refractivity (Wildman–Crippen MR) is 47.3 cm³/mol. The van der Waals surface area contributed by atoms with Gasteiger partial charge in [0, 0.05) is 5.92 Å². The van der Waals surface area contributed by atoms with Gasteiger partial charge < -0.3 is 4.74 Å². The number of hydrogen-bond acceptors (Lipinski definition) is 1. The third kappa shape index (κ3) is 1.98. The fraction of sp³-hybridized carbons (Fsp3) is 0.800. The van der Waals surface area contributed by atoms with Crippen LogP contribution < -0.4 is 0 Å². The van der Waals surface area contributed by atoms with Crippen LogP contribution in [0.3, 0.4) is 0 Å². The van der Waals surface area contributed by atoms with Crippen LogP contribution >= 0.6 is 0 Å². The van der Waals surface area contributed by atoms with Gasteiger partial charge in [-0.3, -0.25) is 0 Å². The summed E-state index contributed by atoms with van der Waals surface area (Å²) < 4.78 is 5.62. The van der Waals surface area contributed by atoms with Gasteiger partial charge in [-0.2, -0.15) is 0 Å². The minimum absolute atomic E-state index is 0.574. The van der Waals surface area contributed by atoms with E-state index in [4.69, 9.17) is 4.74 Å². The van der Waals surface area contributed by atoms with Crippen molar-refractivity contribution in [3.05, 3.63) is 11.3 Å². The van der Waals surface area contributed by atoms with Gasteiger partial charge in [0.05, 0.1) is 12.4 Å². The molecule has 0 saturated heterocycles. The minimum atomic E-state index is 0.574. The van der Waals surface area contributed by atoms with Gasteiger partial charge >= 0.3 is 0 Å². The highest BCUT2D eigenvalue weighted by Crippen LogP contribution is 2.26. The van der Waals surface area contributed by atoms with Crippen molar-refractivity contribution in [3.8, 4) is 0 Å². The minimum Gasteiger partial charge on any atom is -0.498 e. The maximum Gasteiger partial charge on any atom is 0.0976 e. The first-order chi connectivity index (χ1) is 5.25. The van der Waals surface area contributed by atoms with Crippen LogP contribution in [0.5, 0.6) is 0 Å². The van der Waals surface area contributed by atoms with Gasteiger partial charge in [-0.1, -0.05) is 20.8 Å². The van der Waals surface area contributed by atoms with Crippen molar-refractivity contribution in [3.63, 3.8) is 0 Å². The van der Waals surface area contributed by atoms with Crippen molar-refractivity contribution < 1.29 is 4.74 Å². The zero-order valence-electron chi connectivity index (χ0n) is 7.81. The maximum atomic E-state index is 5.62. The molecular weight excluding hydrogens is 136 g/mol. The first-order valence-electron chi connectivity index (χ1n) is 4.60. The van der Waals surface area contributed by atoms with Crippen LogP contribution in [-0.4, -0.2) is 6.61 Å². The fourth-order valence-electron chi connectivity index (χ4n) is 1.62. The Morgan fingerprint density at radius 3 is 2.64 bits per heavy atom. The first kappa shape index (κ1) is 8.63. The Kier molecular flexibility index (Phi) is 2.98. The van der Waals surface area contributed by atoms with E-state index in [0.717, 1.165) is 13.0 Å². The van der Waals surface area contributed by atoms with E-state index in [2.05, 4.69) is 20.8 Å². The summed E-state index contributed by atoms with van der Waals surface area (Å²) in [5.74, 6) is 1.84. The van der Waals surface area contributed by atoms with Crippen LogP contribution in [0, 0.1) is 5.92 Å². The SMILES string of the molecule is CCC1=C(C(C)C)OCCC1. The summed E-state index contributed by atoms with van der Waals surface area (Å²) in [6.45, 7) is 7.55. The quantitative estimate of drug-likeness (QED) is 0.593. The number of allylic oxidation sites excluding steroid dienone is 2. The number of hydrogen-bond donors (Lipinski definition) is 0. The zero-order chi connectivity index (χ0) is 8.27. The smallest absolute Gasteiger partial charge is 0.0976 e. The average molecular weight is 154 g/mol. The molecule has 1 rings (SSSR count). The van der Waals surface area contributed by atoms with Crippen molar-refractivity contribution in [2.45, 2.75) is 40.0 Å².